The molecule has 4 nitrogen and oxygen atoms in total. The molecule has 0 unspecified atom stereocenters. The first-order valence-electron chi connectivity index (χ1n) is 6.50. The van der Waals surface area contributed by atoms with E-state index in [1.807, 2.05) is 12.1 Å². The quantitative estimate of drug-likeness (QED) is 0.667. The molecular formula is C16H14Cl2N2O2. The van der Waals surface area contributed by atoms with Crippen molar-refractivity contribution in [2.24, 2.45) is 5.16 Å². The Bertz CT molecular complexity index is 685. The molecule has 0 atom stereocenters. The Morgan fingerprint density at radius 3 is 2.45 bits per heavy atom. The molecule has 114 valence electrons. The van der Waals surface area contributed by atoms with Gasteiger partial charge in [0.1, 0.15) is 12.8 Å². The van der Waals surface area contributed by atoms with Gasteiger partial charge in [-0.25, -0.2) is 0 Å². The fraction of sp³-hybridized carbons (Fsp3) is 0.125. The van der Waals surface area contributed by atoms with Gasteiger partial charge in [-0.1, -0.05) is 46.6 Å². The lowest BCUT2D eigenvalue weighted by Gasteiger charge is -2.08. The molecule has 0 aromatic heterocycles. The van der Waals surface area contributed by atoms with Crippen molar-refractivity contribution in [1.82, 2.24) is 5.32 Å². The van der Waals surface area contributed by atoms with E-state index in [1.165, 1.54) is 7.11 Å². The molecule has 0 aliphatic rings. The maximum Gasteiger partial charge on any atom is 0.251 e. The molecule has 6 heteroatoms. The summed E-state index contributed by atoms with van der Waals surface area (Å²) >= 11 is 11.7. The molecule has 1 N–H and O–H groups in total. The summed E-state index contributed by atoms with van der Waals surface area (Å²) in [4.78, 5) is 16.9. The second-order valence-corrected chi connectivity index (χ2v) is 5.29. The summed E-state index contributed by atoms with van der Waals surface area (Å²) in [5.74, 6) is -0.236. The molecule has 2 aromatic carbocycles. The van der Waals surface area contributed by atoms with Gasteiger partial charge in [0.2, 0.25) is 0 Å². The van der Waals surface area contributed by atoms with E-state index < -0.39 is 0 Å². The van der Waals surface area contributed by atoms with Crippen LogP contribution in [-0.2, 0) is 4.84 Å². The summed E-state index contributed by atoms with van der Waals surface area (Å²) < 4.78 is 0. The van der Waals surface area contributed by atoms with E-state index in [-0.39, 0.29) is 12.5 Å². The Morgan fingerprint density at radius 2 is 1.82 bits per heavy atom. The van der Waals surface area contributed by atoms with Crippen molar-refractivity contribution in [2.75, 3.05) is 13.7 Å². The minimum Gasteiger partial charge on any atom is -0.399 e. The number of nitrogens with one attached hydrogen (secondary N) is 1. The lowest BCUT2D eigenvalue weighted by molar-refractivity contribution is 0.0959. The van der Waals surface area contributed by atoms with Gasteiger partial charge in [-0.15, -0.1) is 0 Å². The molecule has 1 amide bonds. The predicted molar refractivity (Wildman–Crippen MR) is 88.8 cm³/mol. The molecule has 2 aromatic rings. The van der Waals surface area contributed by atoms with Crippen LogP contribution in [-0.4, -0.2) is 25.3 Å². The summed E-state index contributed by atoms with van der Waals surface area (Å²) in [6.45, 7) is 0.223. The molecule has 0 fully saturated rings. The Labute approximate surface area is 138 Å². The van der Waals surface area contributed by atoms with Crippen LogP contribution in [0.3, 0.4) is 0 Å². The summed E-state index contributed by atoms with van der Waals surface area (Å²) in [6.07, 6.45) is 0. The first kappa shape index (κ1) is 16.3. The number of hydrogen-bond acceptors (Lipinski definition) is 3. The molecule has 0 saturated carbocycles. The fourth-order valence-electron chi connectivity index (χ4n) is 1.84. The van der Waals surface area contributed by atoms with Gasteiger partial charge in [-0.3, -0.25) is 4.79 Å². The van der Waals surface area contributed by atoms with Crippen LogP contribution in [0.5, 0.6) is 0 Å². The van der Waals surface area contributed by atoms with Crippen LogP contribution in [0.4, 0.5) is 0 Å². The number of nitrogens with zero attached hydrogens (tertiary/aromatic N) is 1. The molecule has 0 radical (unpaired) electrons. The number of carbonyl (C=O) groups is 1. The molecule has 0 saturated heterocycles. The van der Waals surface area contributed by atoms with Gasteiger partial charge >= 0.3 is 0 Å². The number of rotatable bonds is 5. The van der Waals surface area contributed by atoms with Gasteiger partial charge < -0.3 is 10.2 Å². The standard InChI is InChI=1S/C16H14Cl2N2O2/c1-22-20-15(11-5-7-13(17)8-6-11)10-19-16(21)12-3-2-4-14(18)9-12/h2-9H,10H2,1H3,(H,19,21)/b20-15+. The Hall–Kier alpha value is -2.04. The zero-order chi connectivity index (χ0) is 15.9. The van der Waals surface area contributed by atoms with Crippen LogP contribution in [0.2, 0.25) is 10.0 Å². The van der Waals surface area contributed by atoms with Gasteiger partial charge in [-0.05, 0) is 30.3 Å². The van der Waals surface area contributed by atoms with Gasteiger partial charge in [0, 0.05) is 21.2 Å². The average molecular weight is 337 g/mol. The number of amides is 1. The first-order chi connectivity index (χ1) is 10.6. The highest BCUT2D eigenvalue weighted by atomic mass is 35.5. The van der Waals surface area contributed by atoms with Crippen molar-refractivity contribution in [1.29, 1.82) is 0 Å². The topological polar surface area (TPSA) is 50.7 Å². The molecular weight excluding hydrogens is 323 g/mol. The van der Waals surface area contributed by atoms with Crippen molar-refractivity contribution in [3.05, 3.63) is 69.7 Å². The lowest BCUT2D eigenvalue weighted by atomic mass is 10.1. The number of benzene rings is 2. The number of carbonyl (C=O) groups excluding carboxylic acids is 1. The van der Waals surface area contributed by atoms with Crippen LogP contribution >= 0.6 is 23.2 Å². The lowest BCUT2D eigenvalue weighted by Crippen LogP contribution is -2.30. The molecule has 0 aliphatic heterocycles. The highest BCUT2D eigenvalue weighted by molar-refractivity contribution is 6.31. The largest absolute Gasteiger partial charge is 0.399 e. The van der Waals surface area contributed by atoms with Gasteiger partial charge in [-0.2, -0.15) is 0 Å². The van der Waals surface area contributed by atoms with Gasteiger partial charge in [0.25, 0.3) is 5.91 Å². The summed E-state index contributed by atoms with van der Waals surface area (Å²) in [7, 11) is 1.45. The molecule has 2 rings (SSSR count). The normalized spacial score (nSPS) is 11.1. The Morgan fingerprint density at radius 1 is 1.09 bits per heavy atom. The highest BCUT2D eigenvalue weighted by Gasteiger charge is 2.09. The third-order valence-corrected chi connectivity index (χ3v) is 3.37. The van der Waals surface area contributed by atoms with Crippen molar-refractivity contribution in [3.63, 3.8) is 0 Å². The Kier molecular flexibility index (Phi) is 5.81. The van der Waals surface area contributed by atoms with Crippen molar-refractivity contribution >= 4 is 34.8 Å². The monoisotopic (exact) mass is 336 g/mol. The molecule has 0 aliphatic carbocycles. The van der Waals surface area contributed by atoms with E-state index in [4.69, 9.17) is 28.0 Å². The Balaban J connectivity index is 2.08. The van der Waals surface area contributed by atoms with Crippen LogP contribution in [0.15, 0.2) is 53.7 Å². The fourth-order valence-corrected chi connectivity index (χ4v) is 2.15. The molecule has 0 bridgehead atoms. The van der Waals surface area contributed by atoms with Crippen molar-refractivity contribution in [3.8, 4) is 0 Å². The summed E-state index contributed by atoms with van der Waals surface area (Å²) in [5.41, 5.74) is 1.90. The average Bonchev–Trinajstić information content (AvgIpc) is 2.52. The van der Waals surface area contributed by atoms with Crippen molar-refractivity contribution in [2.45, 2.75) is 0 Å². The maximum absolute atomic E-state index is 12.1. The summed E-state index contributed by atoms with van der Waals surface area (Å²) in [6, 6.07) is 13.9. The zero-order valence-corrected chi connectivity index (χ0v) is 13.4. The number of oxime groups is 1. The highest BCUT2D eigenvalue weighted by Crippen LogP contribution is 2.12. The second-order valence-electron chi connectivity index (χ2n) is 4.42. The van der Waals surface area contributed by atoms with E-state index >= 15 is 0 Å². The van der Waals surface area contributed by atoms with E-state index in [1.54, 1.807) is 36.4 Å². The van der Waals surface area contributed by atoms with E-state index in [2.05, 4.69) is 10.5 Å². The van der Waals surface area contributed by atoms with E-state index in [0.29, 0.717) is 21.3 Å². The number of hydrogen-bond donors (Lipinski definition) is 1. The minimum absolute atomic E-state index is 0.223. The zero-order valence-electron chi connectivity index (χ0n) is 11.8. The maximum atomic E-state index is 12.1. The molecule has 22 heavy (non-hydrogen) atoms. The smallest absolute Gasteiger partial charge is 0.251 e. The predicted octanol–water partition coefficient (Wildman–Crippen LogP) is 3.77. The van der Waals surface area contributed by atoms with E-state index in [0.717, 1.165) is 5.56 Å². The molecule has 0 heterocycles. The molecule has 0 spiro atoms. The number of halogens is 2. The first-order valence-corrected chi connectivity index (χ1v) is 7.25. The van der Waals surface area contributed by atoms with Gasteiger partial charge in [0.15, 0.2) is 0 Å². The van der Waals surface area contributed by atoms with Crippen LogP contribution in [0.25, 0.3) is 0 Å². The van der Waals surface area contributed by atoms with Crippen molar-refractivity contribution < 1.29 is 9.63 Å². The SMILES string of the molecule is CO/N=C(\CNC(=O)c1cccc(Cl)c1)c1ccc(Cl)cc1. The van der Waals surface area contributed by atoms with Crippen LogP contribution < -0.4 is 5.32 Å². The second kappa shape index (κ2) is 7.82. The third-order valence-electron chi connectivity index (χ3n) is 2.88. The minimum atomic E-state index is -0.236. The van der Waals surface area contributed by atoms with Gasteiger partial charge in [0.05, 0.1) is 6.54 Å². The summed E-state index contributed by atoms with van der Waals surface area (Å²) in [5, 5.41) is 7.86. The van der Waals surface area contributed by atoms with Crippen LogP contribution in [0, 0.1) is 0 Å². The van der Waals surface area contributed by atoms with E-state index in [9.17, 15) is 4.79 Å². The van der Waals surface area contributed by atoms with Crippen LogP contribution in [0.1, 0.15) is 15.9 Å². The third kappa shape index (κ3) is 4.48.